The van der Waals surface area contributed by atoms with Crippen molar-refractivity contribution < 1.29 is 14.6 Å². The third-order valence-electron chi connectivity index (χ3n) is 3.68. The molecule has 0 spiro atoms. The summed E-state index contributed by atoms with van der Waals surface area (Å²) in [5.41, 5.74) is -0.970. The fourth-order valence-electron chi connectivity index (χ4n) is 2.76. The Morgan fingerprint density at radius 1 is 1.65 bits per heavy atom. The number of ether oxygens (including phenoxy) is 1. The summed E-state index contributed by atoms with van der Waals surface area (Å²) in [6, 6.07) is 1.66. The van der Waals surface area contributed by atoms with Crippen LogP contribution in [0.3, 0.4) is 0 Å². The number of hydrogen-bond acceptors (Lipinski definition) is 5. The van der Waals surface area contributed by atoms with Crippen molar-refractivity contribution in [3.05, 3.63) is 12.3 Å². The quantitative estimate of drug-likeness (QED) is 0.860. The van der Waals surface area contributed by atoms with Crippen LogP contribution in [-0.2, 0) is 4.79 Å². The van der Waals surface area contributed by atoms with Crippen LogP contribution in [0, 0.1) is 5.92 Å². The highest BCUT2D eigenvalue weighted by Gasteiger charge is 2.42. The van der Waals surface area contributed by atoms with Gasteiger partial charge in [0.05, 0.1) is 6.61 Å². The molecule has 6 nitrogen and oxygen atoms in total. The highest BCUT2D eigenvalue weighted by atomic mass is 16.5. The summed E-state index contributed by atoms with van der Waals surface area (Å²) in [6.07, 6.45) is 4.71. The van der Waals surface area contributed by atoms with Gasteiger partial charge in [-0.05, 0) is 25.7 Å². The van der Waals surface area contributed by atoms with E-state index >= 15 is 0 Å². The Labute approximate surface area is 118 Å². The van der Waals surface area contributed by atoms with Gasteiger partial charge in [-0.3, -0.25) is 0 Å². The number of nitrogens with one attached hydrogen (secondary N) is 1. The summed E-state index contributed by atoms with van der Waals surface area (Å²) < 4.78 is 5.31. The molecule has 2 rings (SSSR count). The molecule has 6 heteroatoms. The molecule has 1 fully saturated rings. The molecule has 0 amide bonds. The second-order valence-corrected chi connectivity index (χ2v) is 5.37. The Hall–Kier alpha value is -1.85. The summed E-state index contributed by atoms with van der Waals surface area (Å²) in [5, 5.41) is 12.6. The molecule has 2 N–H and O–H groups in total. The Morgan fingerprint density at radius 2 is 2.45 bits per heavy atom. The van der Waals surface area contributed by atoms with Crippen LogP contribution < -0.4 is 10.1 Å². The van der Waals surface area contributed by atoms with Crippen LogP contribution in [0.25, 0.3) is 0 Å². The van der Waals surface area contributed by atoms with Crippen LogP contribution in [0.1, 0.15) is 39.5 Å². The van der Waals surface area contributed by atoms with E-state index in [2.05, 4.69) is 22.2 Å². The van der Waals surface area contributed by atoms with Crippen LogP contribution in [0.5, 0.6) is 5.88 Å². The molecule has 20 heavy (non-hydrogen) atoms. The predicted molar refractivity (Wildman–Crippen MR) is 74.8 cm³/mol. The molecule has 2 atom stereocenters. The normalized spacial score (nSPS) is 26.0. The molecule has 1 aliphatic rings. The van der Waals surface area contributed by atoms with Crippen LogP contribution in [0.2, 0.25) is 0 Å². The van der Waals surface area contributed by atoms with Crippen molar-refractivity contribution in [3.63, 3.8) is 0 Å². The van der Waals surface area contributed by atoms with Gasteiger partial charge in [-0.1, -0.05) is 19.8 Å². The Morgan fingerprint density at radius 3 is 3.10 bits per heavy atom. The molecule has 1 aromatic heterocycles. The topological polar surface area (TPSA) is 84.3 Å². The van der Waals surface area contributed by atoms with Crippen molar-refractivity contribution in [1.82, 2.24) is 9.97 Å². The Bertz CT molecular complexity index is 480. The molecule has 0 radical (unpaired) electrons. The summed E-state index contributed by atoms with van der Waals surface area (Å²) >= 11 is 0. The van der Waals surface area contributed by atoms with Crippen molar-refractivity contribution in [2.45, 2.75) is 45.1 Å². The second-order valence-electron chi connectivity index (χ2n) is 5.37. The predicted octanol–water partition coefficient (Wildman–Crippen LogP) is 2.32. The molecule has 0 saturated heterocycles. The van der Waals surface area contributed by atoms with E-state index in [1.807, 2.05) is 6.92 Å². The lowest BCUT2D eigenvalue weighted by Gasteiger charge is -2.37. The SMILES string of the molecule is CCOc1ccnc(NC2(C(=O)O)CCCC(C)C2)n1. The summed E-state index contributed by atoms with van der Waals surface area (Å²) in [7, 11) is 0. The van der Waals surface area contributed by atoms with E-state index in [0.29, 0.717) is 37.2 Å². The molecule has 1 aliphatic carbocycles. The first-order valence-corrected chi connectivity index (χ1v) is 7.03. The smallest absolute Gasteiger partial charge is 0.329 e. The monoisotopic (exact) mass is 279 g/mol. The fourth-order valence-corrected chi connectivity index (χ4v) is 2.76. The van der Waals surface area contributed by atoms with Gasteiger partial charge in [-0.2, -0.15) is 4.98 Å². The van der Waals surface area contributed by atoms with E-state index in [4.69, 9.17) is 4.74 Å². The van der Waals surface area contributed by atoms with E-state index in [9.17, 15) is 9.90 Å². The van der Waals surface area contributed by atoms with Gasteiger partial charge in [-0.25, -0.2) is 9.78 Å². The number of aromatic nitrogens is 2. The van der Waals surface area contributed by atoms with E-state index in [1.54, 1.807) is 12.3 Å². The minimum absolute atomic E-state index is 0.312. The number of carboxylic acid groups (broad SMARTS) is 1. The molecular weight excluding hydrogens is 258 g/mol. The van der Waals surface area contributed by atoms with Crippen molar-refractivity contribution in [1.29, 1.82) is 0 Å². The van der Waals surface area contributed by atoms with Gasteiger partial charge in [0.15, 0.2) is 0 Å². The number of nitrogens with zero attached hydrogens (tertiary/aromatic N) is 2. The molecule has 1 heterocycles. The highest BCUT2D eigenvalue weighted by Crippen LogP contribution is 2.34. The van der Waals surface area contributed by atoms with Crippen LogP contribution in [0.15, 0.2) is 12.3 Å². The molecule has 0 bridgehead atoms. The van der Waals surface area contributed by atoms with E-state index < -0.39 is 11.5 Å². The van der Waals surface area contributed by atoms with Gasteiger partial charge in [0, 0.05) is 12.3 Å². The zero-order valence-electron chi connectivity index (χ0n) is 11.9. The fraction of sp³-hybridized carbons (Fsp3) is 0.643. The molecule has 2 unspecified atom stereocenters. The first-order valence-electron chi connectivity index (χ1n) is 7.03. The lowest BCUT2D eigenvalue weighted by molar-refractivity contribution is -0.144. The average molecular weight is 279 g/mol. The van der Waals surface area contributed by atoms with E-state index in [-0.39, 0.29) is 0 Å². The third kappa shape index (κ3) is 3.18. The minimum atomic E-state index is -0.970. The zero-order valence-corrected chi connectivity index (χ0v) is 11.9. The molecule has 0 aliphatic heterocycles. The van der Waals surface area contributed by atoms with Gasteiger partial charge in [0.1, 0.15) is 5.54 Å². The number of hydrogen-bond donors (Lipinski definition) is 2. The van der Waals surface area contributed by atoms with Gasteiger partial charge in [0.25, 0.3) is 0 Å². The maximum absolute atomic E-state index is 11.7. The van der Waals surface area contributed by atoms with Crippen LogP contribution in [0.4, 0.5) is 5.95 Å². The average Bonchev–Trinajstić information content (AvgIpc) is 2.39. The molecule has 0 aromatic carbocycles. The maximum Gasteiger partial charge on any atom is 0.329 e. The molecular formula is C14H21N3O3. The molecule has 1 saturated carbocycles. The number of carbonyl (C=O) groups is 1. The number of rotatable bonds is 5. The van der Waals surface area contributed by atoms with Gasteiger partial charge in [-0.15, -0.1) is 0 Å². The van der Waals surface area contributed by atoms with E-state index in [1.165, 1.54) is 0 Å². The van der Waals surface area contributed by atoms with Crippen molar-refractivity contribution in [3.8, 4) is 5.88 Å². The Kier molecular flexibility index (Phi) is 4.42. The van der Waals surface area contributed by atoms with Crippen molar-refractivity contribution >= 4 is 11.9 Å². The van der Waals surface area contributed by atoms with Gasteiger partial charge in [0.2, 0.25) is 11.8 Å². The van der Waals surface area contributed by atoms with Gasteiger partial charge < -0.3 is 15.2 Å². The second kappa shape index (κ2) is 6.07. The van der Waals surface area contributed by atoms with Gasteiger partial charge >= 0.3 is 5.97 Å². The summed E-state index contributed by atoms with van der Waals surface area (Å²) in [4.78, 5) is 20.0. The first-order chi connectivity index (χ1) is 9.55. The number of anilines is 1. The lowest BCUT2D eigenvalue weighted by Crippen LogP contribution is -2.50. The molecule has 110 valence electrons. The standard InChI is InChI=1S/C14H21N3O3/c1-3-20-11-6-8-15-13(16-11)17-14(12(18)19)7-4-5-10(2)9-14/h6,8,10H,3-5,7,9H2,1-2H3,(H,18,19)(H,15,16,17). The third-order valence-corrected chi connectivity index (χ3v) is 3.68. The number of aliphatic carboxylic acids is 1. The summed E-state index contributed by atoms with van der Waals surface area (Å²) in [5.74, 6) is 0.304. The minimum Gasteiger partial charge on any atom is -0.480 e. The first kappa shape index (κ1) is 14.6. The Balaban J connectivity index is 2.20. The molecule has 1 aromatic rings. The van der Waals surface area contributed by atoms with Crippen LogP contribution >= 0.6 is 0 Å². The van der Waals surface area contributed by atoms with E-state index in [0.717, 1.165) is 12.8 Å². The largest absolute Gasteiger partial charge is 0.480 e. The number of carboxylic acids is 1. The highest BCUT2D eigenvalue weighted by molar-refractivity contribution is 5.82. The van der Waals surface area contributed by atoms with Crippen molar-refractivity contribution in [2.24, 2.45) is 5.92 Å². The zero-order chi connectivity index (χ0) is 14.6. The van der Waals surface area contributed by atoms with Crippen LogP contribution in [-0.4, -0.2) is 33.2 Å². The summed E-state index contributed by atoms with van der Waals surface area (Å²) in [6.45, 7) is 4.46. The van der Waals surface area contributed by atoms with Crippen molar-refractivity contribution in [2.75, 3.05) is 11.9 Å². The lowest BCUT2D eigenvalue weighted by atomic mass is 9.76. The maximum atomic E-state index is 11.7.